The fraction of sp³-hybridized carbons (Fsp3) is 0.240. The molecule has 7 nitrogen and oxygen atoms in total. The summed E-state index contributed by atoms with van der Waals surface area (Å²) in [5, 5.41) is 9.41. The molecule has 33 heavy (non-hydrogen) atoms. The second kappa shape index (κ2) is 10.1. The molecule has 0 aliphatic carbocycles. The van der Waals surface area contributed by atoms with Gasteiger partial charge in [-0.1, -0.05) is 48.2 Å². The monoisotopic (exact) mass is 460 g/mol. The predicted molar refractivity (Wildman–Crippen MR) is 127 cm³/mol. The number of nitrogens with zero attached hydrogens (tertiary/aromatic N) is 4. The number of para-hydroxylation sites is 2. The first-order valence-electron chi connectivity index (χ1n) is 10.9. The fourth-order valence-electron chi connectivity index (χ4n) is 3.92. The average Bonchev–Trinajstić information content (AvgIpc) is 3.63. The van der Waals surface area contributed by atoms with Gasteiger partial charge in [-0.2, -0.15) is 0 Å². The SMILES string of the molecule is O=C(CSc1nnc(-c2ccco2)n1CC1CCCO1)N(c1ccccc1)c1ccccc1. The van der Waals surface area contributed by atoms with Crippen molar-refractivity contribution in [2.75, 3.05) is 17.3 Å². The maximum absolute atomic E-state index is 13.4. The zero-order valence-electron chi connectivity index (χ0n) is 18.0. The number of amides is 1. The van der Waals surface area contributed by atoms with Crippen LogP contribution in [0.15, 0.2) is 88.6 Å². The van der Waals surface area contributed by atoms with Gasteiger partial charge in [0, 0.05) is 18.0 Å². The number of benzene rings is 2. The molecule has 5 rings (SSSR count). The Morgan fingerprint density at radius 3 is 2.33 bits per heavy atom. The summed E-state index contributed by atoms with van der Waals surface area (Å²) in [5.41, 5.74) is 1.65. The van der Waals surface area contributed by atoms with Gasteiger partial charge in [0.15, 0.2) is 10.9 Å². The number of carbonyl (C=O) groups is 1. The van der Waals surface area contributed by atoms with Crippen molar-refractivity contribution in [1.82, 2.24) is 14.8 Å². The lowest BCUT2D eigenvalue weighted by atomic mass is 10.2. The standard InChI is InChI=1S/C25H24N4O3S/c30-23(29(19-9-3-1-4-10-19)20-11-5-2-6-12-20)18-33-25-27-26-24(22-14-8-16-32-22)28(25)17-21-13-7-15-31-21/h1-6,8-12,14,16,21H,7,13,15,17-18H2. The molecule has 168 valence electrons. The van der Waals surface area contributed by atoms with E-state index >= 15 is 0 Å². The Balaban J connectivity index is 1.39. The van der Waals surface area contributed by atoms with Crippen LogP contribution in [0.2, 0.25) is 0 Å². The summed E-state index contributed by atoms with van der Waals surface area (Å²) in [5.74, 6) is 1.47. The molecule has 2 aromatic carbocycles. The van der Waals surface area contributed by atoms with Crippen molar-refractivity contribution in [2.24, 2.45) is 0 Å². The lowest BCUT2D eigenvalue weighted by molar-refractivity contribution is -0.115. The maximum Gasteiger partial charge on any atom is 0.242 e. The van der Waals surface area contributed by atoms with Crippen molar-refractivity contribution in [1.29, 1.82) is 0 Å². The number of aromatic nitrogens is 3. The largest absolute Gasteiger partial charge is 0.461 e. The molecule has 8 heteroatoms. The second-order valence-electron chi connectivity index (χ2n) is 7.72. The summed E-state index contributed by atoms with van der Waals surface area (Å²) in [7, 11) is 0. The summed E-state index contributed by atoms with van der Waals surface area (Å²) < 4.78 is 13.4. The smallest absolute Gasteiger partial charge is 0.242 e. The highest BCUT2D eigenvalue weighted by molar-refractivity contribution is 7.99. The van der Waals surface area contributed by atoms with Crippen LogP contribution in [-0.2, 0) is 16.1 Å². The topological polar surface area (TPSA) is 73.4 Å². The predicted octanol–water partition coefficient (Wildman–Crippen LogP) is 5.17. The summed E-state index contributed by atoms with van der Waals surface area (Å²) in [4.78, 5) is 15.2. The first-order valence-corrected chi connectivity index (χ1v) is 11.9. The van der Waals surface area contributed by atoms with Gasteiger partial charge in [0.05, 0.1) is 24.7 Å². The molecule has 0 radical (unpaired) electrons. The number of ether oxygens (including phenoxy) is 1. The van der Waals surface area contributed by atoms with Crippen LogP contribution in [0.1, 0.15) is 12.8 Å². The summed E-state index contributed by atoms with van der Waals surface area (Å²) in [6.07, 6.45) is 3.77. The van der Waals surface area contributed by atoms with Crippen molar-refractivity contribution >= 4 is 29.0 Å². The molecule has 0 bridgehead atoms. The molecule has 4 aromatic rings. The van der Waals surface area contributed by atoms with Gasteiger partial charge in [-0.05, 0) is 49.2 Å². The summed E-state index contributed by atoms with van der Waals surface area (Å²) in [6, 6.07) is 23.0. The van der Waals surface area contributed by atoms with Gasteiger partial charge in [0.1, 0.15) is 0 Å². The van der Waals surface area contributed by atoms with E-state index in [1.54, 1.807) is 11.2 Å². The van der Waals surface area contributed by atoms with E-state index in [2.05, 4.69) is 10.2 Å². The lowest BCUT2D eigenvalue weighted by Gasteiger charge is -2.23. The maximum atomic E-state index is 13.4. The van der Waals surface area contributed by atoms with Crippen molar-refractivity contribution in [3.8, 4) is 11.6 Å². The van der Waals surface area contributed by atoms with E-state index in [-0.39, 0.29) is 17.8 Å². The normalized spacial score (nSPS) is 15.6. The van der Waals surface area contributed by atoms with E-state index in [9.17, 15) is 4.79 Å². The van der Waals surface area contributed by atoms with Gasteiger partial charge >= 0.3 is 0 Å². The highest BCUT2D eigenvalue weighted by Crippen LogP contribution is 2.30. The van der Waals surface area contributed by atoms with E-state index in [1.165, 1.54) is 11.8 Å². The number of hydrogen-bond acceptors (Lipinski definition) is 6. The number of carbonyl (C=O) groups excluding carboxylic acids is 1. The molecule has 2 aromatic heterocycles. The number of furan rings is 1. The van der Waals surface area contributed by atoms with E-state index in [4.69, 9.17) is 9.15 Å². The molecule has 0 saturated carbocycles. The highest BCUT2D eigenvalue weighted by Gasteiger charge is 2.24. The van der Waals surface area contributed by atoms with E-state index in [0.717, 1.165) is 30.8 Å². The van der Waals surface area contributed by atoms with E-state index < -0.39 is 0 Å². The average molecular weight is 461 g/mol. The molecular weight excluding hydrogens is 436 g/mol. The molecular formula is C25H24N4O3S. The number of anilines is 2. The van der Waals surface area contributed by atoms with Crippen LogP contribution in [0.5, 0.6) is 0 Å². The second-order valence-corrected chi connectivity index (χ2v) is 8.66. The van der Waals surface area contributed by atoms with Crippen molar-refractivity contribution in [3.63, 3.8) is 0 Å². The number of thioether (sulfide) groups is 1. The Morgan fingerprint density at radius 1 is 1.00 bits per heavy atom. The highest BCUT2D eigenvalue weighted by atomic mass is 32.2. The Labute approximate surface area is 196 Å². The third-order valence-corrected chi connectivity index (χ3v) is 6.42. The van der Waals surface area contributed by atoms with Crippen LogP contribution < -0.4 is 4.90 Å². The molecule has 0 spiro atoms. The number of rotatable bonds is 8. The Morgan fingerprint density at radius 2 is 1.73 bits per heavy atom. The van der Waals surface area contributed by atoms with Crippen molar-refractivity contribution in [2.45, 2.75) is 30.6 Å². The quantitative estimate of drug-likeness (QED) is 0.338. The van der Waals surface area contributed by atoms with Crippen LogP contribution in [0.4, 0.5) is 11.4 Å². The summed E-state index contributed by atoms with van der Waals surface area (Å²) >= 11 is 1.38. The third-order valence-electron chi connectivity index (χ3n) is 5.47. The van der Waals surface area contributed by atoms with Crippen LogP contribution in [0, 0.1) is 0 Å². The first-order chi connectivity index (χ1) is 16.3. The summed E-state index contributed by atoms with van der Waals surface area (Å²) in [6.45, 7) is 1.40. The molecule has 1 unspecified atom stereocenters. The molecule has 1 amide bonds. The van der Waals surface area contributed by atoms with Gasteiger partial charge in [-0.15, -0.1) is 10.2 Å². The molecule has 1 aliphatic heterocycles. The molecule has 1 saturated heterocycles. The van der Waals surface area contributed by atoms with Gasteiger partial charge in [-0.3, -0.25) is 14.3 Å². The lowest BCUT2D eigenvalue weighted by Crippen LogP contribution is -2.27. The van der Waals surface area contributed by atoms with Crippen molar-refractivity contribution in [3.05, 3.63) is 79.1 Å². The minimum atomic E-state index is -0.0383. The fourth-order valence-corrected chi connectivity index (χ4v) is 4.72. The molecule has 1 fully saturated rings. The minimum absolute atomic E-state index is 0.0383. The third kappa shape index (κ3) is 4.86. The Kier molecular flexibility index (Phi) is 6.55. The van der Waals surface area contributed by atoms with Gasteiger partial charge in [0.2, 0.25) is 11.7 Å². The van der Waals surface area contributed by atoms with Crippen LogP contribution >= 0.6 is 11.8 Å². The molecule has 0 N–H and O–H groups in total. The van der Waals surface area contributed by atoms with Crippen LogP contribution in [-0.4, -0.2) is 39.1 Å². The zero-order chi connectivity index (χ0) is 22.5. The minimum Gasteiger partial charge on any atom is -0.461 e. The molecule has 1 atom stereocenters. The van der Waals surface area contributed by atoms with E-state index in [1.807, 2.05) is 77.4 Å². The van der Waals surface area contributed by atoms with Gasteiger partial charge in [-0.25, -0.2) is 0 Å². The molecule has 3 heterocycles. The Hall–Kier alpha value is -3.36. The van der Waals surface area contributed by atoms with Crippen molar-refractivity contribution < 1.29 is 13.9 Å². The van der Waals surface area contributed by atoms with E-state index in [0.29, 0.717) is 23.3 Å². The van der Waals surface area contributed by atoms with Gasteiger partial charge in [0.25, 0.3) is 0 Å². The number of hydrogen-bond donors (Lipinski definition) is 0. The zero-order valence-corrected chi connectivity index (χ0v) is 18.9. The van der Waals surface area contributed by atoms with Crippen LogP contribution in [0.3, 0.4) is 0 Å². The molecule has 1 aliphatic rings. The Bertz CT molecular complexity index is 1130. The van der Waals surface area contributed by atoms with Crippen LogP contribution in [0.25, 0.3) is 11.6 Å². The van der Waals surface area contributed by atoms with Gasteiger partial charge < -0.3 is 9.15 Å². The first kappa shape index (κ1) is 21.5.